The molecule has 0 bridgehead atoms. The molecule has 1 fully saturated rings. The molecule has 148 valence electrons. The van der Waals surface area contributed by atoms with Gasteiger partial charge in [0, 0.05) is 17.9 Å². The third-order valence-electron chi connectivity index (χ3n) is 5.31. The smallest absolute Gasteiger partial charge is 0.230 e. The summed E-state index contributed by atoms with van der Waals surface area (Å²) in [6.45, 7) is 3.11. The van der Waals surface area contributed by atoms with Crippen LogP contribution >= 0.6 is 11.3 Å². The molecule has 0 saturated carbocycles. The first kappa shape index (κ1) is 18.8. The lowest BCUT2D eigenvalue weighted by Crippen LogP contribution is -2.40. The number of benzene rings is 1. The number of amides is 1. The number of carbonyl (C=O) groups excluding carboxylic acids is 1. The van der Waals surface area contributed by atoms with Crippen LogP contribution in [0.15, 0.2) is 24.3 Å². The van der Waals surface area contributed by atoms with Gasteiger partial charge in [0.05, 0.1) is 10.9 Å². The van der Waals surface area contributed by atoms with Crippen LogP contribution in [0.3, 0.4) is 0 Å². The van der Waals surface area contributed by atoms with E-state index in [1.165, 1.54) is 21.9 Å². The van der Waals surface area contributed by atoms with Crippen molar-refractivity contribution in [3.05, 3.63) is 46.3 Å². The topological polar surface area (TPSA) is 96.8 Å². The highest BCUT2D eigenvalue weighted by molar-refractivity contribution is 7.17. The van der Waals surface area contributed by atoms with Gasteiger partial charge in [0.15, 0.2) is 5.82 Å². The van der Waals surface area contributed by atoms with E-state index in [0.717, 1.165) is 0 Å². The number of thiazole rings is 1. The average Bonchev–Trinajstić information content (AvgIpc) is 3.23. The molecule has 0 unspecified atom stereocenters. The number of aromatic hydroxyl groups is 1. The van der Waals surface area contributed by atoms with E-state index in [9.17, 15) is 14.3 Å². The van der Waals surface area contributed by atoms with Crippen LogP contribution in [0.4, 0.5) is 4.39 Å². The van der Waals surface area contributed by atoms with Crippen LogP contribution in [0.2, 0.25) is 0 Å². The molecule has 7 nitrogen and oxygen atoms in total. The quantitative estimate of drug-likeness (QED) is 0.682. The Hall–Kier alpha value is -2.52. The van der Waals surface area contributed by atoms with Gasteiger partial charge >= 0.3 is 0 Å². The summed E-state index contributed by atoms with van der Waals surface area (Å²) >= 11 is 1.31. The first-order valence-electron chi connectivity index (χ1n) is 9.34. The number of aryl methyl sites for hydroxylation is 1. The number of carbonyl (C=O) groups is 1. The average molecular weight is 403 g/mol. The molecule has 3 aromatic rings. The fourth-order valence-electron chi connectivity index (χ4n) is 3.76. The van der Waals surface area contributed by atoms with Crippen molar-refractivity contribution < 1.29 is 14.3 Å². The van der Waals surface area contributed by atoms with Gasteiger partial charge in [-0.15, -0.1) is 5.10 Å². The molecule has 1 saturated heterocycles. The van der Waals surface area contributed by atoms with Gasteiger partial charge in [-0.3, -0.25) is 9.69 Å². The molecule has 1 aromatic carbocycles. The highest BCUT2D eigenvalue weighted by Crippen LogP contribution is 2.41. The Balaban J connectivity index is 1.76. The van der Waals surface area contributed by atoms with Crippen molar-refractivity contribution in [2.24, 2.45) is 11.7 Å². The Morgan fingerprint density at radius 3 is 2.71 bits per heavy atom. The third kappa shape index (κ3) is 3.24. The van der Waals surface area contributed by atoms with Crippen LogP contribution in [0.25, 0.3) is 4.96 Å². The second-order valence-corrected chi connectivity index (χ2v) is 8.01. The minimum absolute atomic E-state index is 0.0162. The van der Waals surface area contributed by atoms with Crippen LogP contribution in [-0.4, -0.2) is 43.6 Å². The van der Waals surface area contributed by atoms with Crippen LogP contribution < -0.4 is 5.73 Å². The van der Waals surface area contributed by atoms with Crippen LogP contribution in [0.5, 0.6) is 5.88 Å². The molecule has 4 rings (SSSR count). The zero-order valence-corrected chi connectivity index (χ0v) is 16.3. The van der Waals surface area contributed by atoms with Crippen molar-refractivity contribution in [3.8, 4) is 5.88 Å². The minimum atomic E-state index is -0.478. The Kier molecular flexibility index (Phi) is 5.03. The lowest BCUT2D eigenvalue weighted by Gasteiger charge is -2.36. The van der Waals surface area contributed by atoms with Crippen molar-refractivity contribution in [3.63, 3.8) is 0 Å². The lowest BCUT2D eigenvalue weighted by molar-refractivity contribution is -0.123. The summed E-state index contributed by atoms with van der Waals surface area (Å²) in [5.74, 6) is -0.163. The summed E-state index contributed by atoms with van der Waals surface area (Å²) in [6.07, 6.45) is 1.89. The molecule has 1 atom stereocenters. The number of hydrogen-bond donors (Lipinski definition) is 2. The first-order valence-corrected chi connectivity index (χ1v) is 10.2. The number of likely N-dealkylation sites (tertiary alicyclic amines) is 1. The number of primary amides is 1. The Morgan fingerprint density at radius 2 is 2.11 bits per heavy atom. The summed E-state index contributed by atoms with van der Waals surface area (Å²) in [5.41, 5.74) is 5.93. The van der Waals surface area contributed by atoms with Gasteiger partial charge < -0.3 is 10.8 Å². The standard InChI is InChI=1S/C19H22FN5O2S/c1-2-14-22-19-25(23-14)18(27)16(28-19)15(12-5-3-4-6-13(12)20)24-9-7-11(8-10-24)17(21)26/h3-6,11,15,27H,2,7-10H2,1H3,(H2,21,26)/t15-/m1/s1. The Labute approximate surface area is 165 Å². The number of fused-ring (bicyclic) bond motifs is 1. The molecular weight excluding hydrogens is 381 g/mol. The van der Waals surface area contributed by atoms with Gasteiger partial charge in [-0.1, -0.05) is 36.5 Å². The van der Waals surface area contributed by atoms with E-state index >= 15 is 0 Å². The number of nitrogens with two attached hydrogens (primary N) is 1. The summed E-state index contributed by atoms with van der Waals surface area (Å²) in [5, 5.41) is 15.2. The van der Waals surface area contributed by atoms with E-state index in [1.807, 2.05) is 6.92 Å². The molecule has 1 amide bonds. The molecule has 9 heteroatoms. The maximum Gasteiger partial charge on any atom is 0.230 e. The van der Waals surface area contributed by atoms with Crippen molar-refractivity contribution in [2.45, 2.75) is 32.2 Å². The molecule has 1 aliphatic rings. The molecule has 0 spiro atoms. The van der Waals surface area contributed by atoms with Crippen molar-refractivity contribution in [2.75, 3.05) is 13.1 Å². The summed E-state index contributed by atoms with van der Waals surface area (Å²) < 4.78 is 16.1. The van der Waals surface area contributed by atoms with E-state index in [-0.39, 0.29) is 23.5 Å². The van der Waals surface area contributed by atoms with Gasteiger partial charge in [0.25, 0.3) is 0 Å². The van der Waals surface area contributed by atoms with Gasteiger partial charge in [0.2, 0.25) is 16.7 Å². The maximum absolute atomic E-state index is 14.7. The predicted octanol–water partition coefficient (Wildman–Crippen LogP) is 2.48. The van der Waals surface area contributed by atoms with E-state index in [1.54, 1.807) is 18.2 Å². The van der Waals surface area contributed by atoms with E-state index < -0.39 is 6.04 Å². The van der Waals surface area contributed by atoms with Gasteiger partial charge in [-0.25, -0.2) is 9.37 Å². The number of piperidine rings is 1. The Morgan fingerprint density at radius 1 is 1.39 bits per heavy atom. The molecule has 0 radical (unpaired) electrons. The monoisotopic (exact) mass is 403 g/mol. The number of halogens is 1. The summed E-state index contributed by atoms with van der Waals surface area (Å²) in [4.78, 5) is 19.2. The van der Waals surface area contributed by atoms with Gasteiger partial charge in [0.1, 0.15) is 5.82 Å². The first-order chi connectivity index (χ1) is 13.5. The number of nitrogens with zero attached hydrogens (tertiary/aromatic N) is 4. The minimum Gasteiger partial charge on any atom is -0.492 e. The molecule has 3 N–H and O–H groups in total. The predicted molar refractivity (Wildman–Crippen MR) is 104 cm³/mol. The van der Waals surface area contributed by atoms with Crippen LogP contribution in [-0.2, 0) is 11.2 Å². The summed E-state index contributed by atoms with van der Waals surface area (Å²) in [7, 11) is 0. The fraction of sp³-hybridized carbons (Fsp3) is 0.421. The molecular formula is C19H22FN5O2S. The third-order valence-corrected chi connectivity index (χ3v) is 6.38. The second-order valence-electron chi connectivity index (χ2n) is 7.00. The zero-order chi connectivity index (χ0) is 19.8. The SMILES string of the molecule is CCc1nc2sc([C@@H](c3ccccc3F)N3CCC(C(N)=O)CC3)c(O)n2n1. The number of rotatable bonds is 5. The van der Waals surface area contributed by atoms with E-state index in [0.29, 0.717) is 53.6 Å². The lowest BCUT2D eigenvalue weighted by atomic mass is 9.93. The fourth-order valence-corrected chi connectivity index (χ4v) is 4.89. The maximum atomic E-state index is 14.7. The molecule has 2 aromatic heterocycles. The molecule has 0 aliphatic carbocycles. The zero-order valence-electron chi connectivity index (χ0n) is 15.5. The van der Waals surface area contributed by atoms with Crippen LogP contribution in [0, 0.1) is 11.7 Å². The highest BCUT2D eigenvalue weighted by Gasteiger charge is 2.34. The largest absolute Gasteiger partial charge is 0.492 e. The molecule has 3 heterocycles. The van der Waals surface area contributed by atoms with Crippen LogP contribution in [0.1, 0.15) is 42.1 Å². The van der Waals surface area contributed by atoms with E-state index in [4.69, 9.17) is 5.73 Å². The summed E-state index contributed by atoms with van der Waals surface area (Å²) in [6, 6.07) is 6.10. The van der Waals surface area contributed by atoms with Gasteiger partial charge in [-0.05, 0) is 32.0 Å². The van der Waals surface area contributed by atoms with Crippen molar-refractivity contribution >= 4 is 22.2 Å². The van der Waals surface area contributed by atoms with Gasteiger partial charge in [-0.2, -0.15) is 4.52 Å². The normalized spacial score (nSPS) is 17.2. The van der Waals surface area contributed by atoms with Crippen molar-refractivity contribution in [1.82, 2.24) is 19.5 Å². The number of aromatic nitrogens is 3. The second kappa shape index (κ2) is 7.48. The van der Waals surface area contributed by atoms with Crippen molar-refractivity contribution in [1.29, 1.82) is 0 Å². The molecule has 28 heavy (non-hydrogen) atoms. The Bertz CT molecular complexity index is 1010. The number of hydrogen-bond acceptors (Lipinski definition) is 6. The highest BCUT2D eigenvalue weighted by atomic mass is 32.1. The molecule has 1 aliphatic heterocycles. The van der Waals surface area contributed by atoms with E-state index in [2.05, 4.69) is 15.0 Å².